The van der Waals surface area contributed by atoms with Gasteiger partial charge in [0.05, 0.1) is 19.4 Å². The van der Waals surface area contributed by atoms with Gasteiger partial charge in [-0.1, -0.05) is 6.07 Å². The largest absolute Gasteiger partial charge is 0.494 e. The fraction of sp³-hybridized carbons (Fsp3) is 0.353. The predicted molar refractivity (Wildman–Crippen MR) is 80.9 cm³/mol. The molecule has 2 unspecified atom stereocenters. The van der Waals surface area contributed by atoms with Crippen molar-refractivity contribution in [1.29, 1.82) is 0 Å². The summed E-state index contributed by atoms with van der Waals surface area (Å²) in [6, 6.07) is 7.16. The van der Waals surface area contributed by atoms with E-state index in [1.165, 1.54) is 19.4 Å². The third-order valence-corrected chi connectivity index (χ3v) is 4.22. The van der Waals surface area contributed by atoms with E-state index in [9.17, 15) is 14.3 Å². The van der Waals surface area contributed by atoms with E-state index in [2.05, 4.69) is 0 Å². The number of carboxylic acids is 1. The highest BCUT2D eigenvalue weighted by molar-refractivity contribution is 5.74. The maximum atomic E-state index is 14.1. The molecule has 1 aromatic carbocycles. The summed E-state index contributed by atoms with van der Waals surface area (Å²) in [6.07, 6.45) is 2.89. The van der Waals surface area contributed by atoms with Gasteiger partial charge in [-0.25, -0.2) is 4.39 Å². The summed E-state index contributed by atoms with van der Waals surface area (Å²) >= 11 is 0. The number of hydrogen-bond acceptors (Lipinski definition) is 4. The van der Waals surface area contributed by atoms with E-state index >= 15 is 0 Å². The number of carboxylic acid groups (broad SMARTS) is 1. The van der Waals surface area contributed by atoms with Crippen molar-refractivity contribution in [3.05, 3.63) is 53.7 Å². The lowest BCUT2D eigenvalue weighted by Gasteiger charge is -2.30. The van der Waals surface area contributed by atoms with Gasteiger partial charge in [-0.2, -0.15) is 0 Å². The lowest BCUT2D eigenvalue weighted by Crippen LogP contribution is -2.39. The first-order valence-corrected chi connectivity index (χ1v) is 7.47. The van der Waals surface area contributed by atoms with Gasteiger partial charge in [-0.15, -0.1) is 0 Å². The second kappa shape index (κ2) is 6.42. The highest BCUT2D eigenvalue weighted by Crippen LogP contribution is 2.36. The Kier molecular flexibility index (Phi) is 4.34. The van der Waals surface area contributed by atoms with Gasteiger partial charge in [0, 0.05) is 6.54 Å². The Bertz CT molecular complexity index is 686. The van der Waals surface area contributed by atoms with Crippen molar-refractivity contribution in [3.63, 3.8) is 0 Å². The molecule has 122 valence electrons. The first-order valence-electron chi connectivity index (χ1n) is 7.47. The Morgan fingerprint density at radius 1 is 1.48 bits per heavy atom. The van der Waals surface area contributed by atoms with Crippen LogP contribution in [0.15, 0.2) is 41.0 Å². The van der Waals surface area contributed by atoms with Gasteiger partial charge in [0.25, 0.3) is 0 Å². The van der Waals surface area contributed by atoms with Crippen molar-refractivity contribution >= 4 is 5.97 Å². The van der Waals surface area contributed by atoms with Crippen LogP contribution in [0.5, 0.6) is 5.75 Å². The Morgan fingerprint density at radius 3 is 2.91 bits per heavy atom. The van der Waals surface area contributed by atoms with E-state index in [1.807, 2.05) is 4.90 Å². The Morgan fingerprint density at radius 2 is 2.30 bits per heavy atom. The van der Waals surface area contributed by atoms with Gasteiger partial charge in [-0.05, 0) is 42.7 Å². The molecule has 0 aliphatic carbocycles. The van der Waals surface area contributed by atoms with Crippen LogP contribution in [0.1, 0.15) is 30.2 Å². The average Bonchev–Trinajstić information content (AvgIpc) is 3.19. The molecule has 0 spiro atoms. The molecule has 2 heterocycles. The Balaban J connectivity index is 2.03. The van der Waals surface area contributed by atoms with E-state index in [0.29, 0.717) is 24.3 Å². The number of rotatable bonds is 5. The molecule has 0 amide bonds. The van der Waals surface area contributed by atoms with Crippen LogP contribution in [0.2, 0.25) is 0 Å². The second-order valence-corrected chi connectivity index (χ2v) is 5.55. The second-order valence-electron chi connectivity index (χ2n) is 5.55. The van der Waals surface area contributed by atoms with Crippen LogP contribution in [0.4, 0.5) is 4.39 Å². The minimum atomic E-state index is -0.868. The maximum Gasteiger partial charge on any atom is 0.320 e. The summed E-state index contributed by atoms with van der Waals surface area (Å²) in [5, 5.41) is 9.45. The van der Waals surface area contributed by atoms with Gasteiger partial charge in [0.2, 0.25) is 0 Å². The van der Waals surface area contributed by atoms with Gasteiger partial charge in [-0.3, -0.25) is 9.69 Å². The van der Waals surface area contributed by atoms with Crippen molar-refractivity contribution in [3.8, 4) is 5.75 Å². The van der Waals surface area contributed by atoms with Crippen LogP contribution in [0, 0.1) is 5.82 Å². The van der Waals surface area contributed by atoms with Crippen molar-refractivity contribution in [1.82, 2.24) is 4.90 Å². The summed E-state index contributed by atoms with van der Waals surface area (Å²) in [4.78, 5) is 13.4. The molecule has 1 N–H and O–H groups in total. The van der Waals surface area contributed by atoms with Gasteiger partial charge in [0.1, 0.15) is 11.8 Å². The van der Waals surface area contributed by atoms with Gasteiger partial charge < -0.3 is 14.3 Å². The van der Waals surface area contributed by atoms with Crippen LogP contribution in [-0.2, 0) is 4.79 Å². The minimum Gasteiger partial charge on any atom is -0.494 e. The van der Waals surface area contributed by atoms with Crippen LogP contribution in [0.3, 0.4) is 0 Å². The van der Waals surface area contributed by atoms with Crippen LogP contribution < -0.4 is 4.74 Å². The van der Waals surface area contributed by atoms with E-state index < -0.39 is 23.9 Å². The molecule has 2 atom stereocenters. The van der Waals surface area contributed by atoms with E-state index in [0.717, 1.165) is 6.42 Å². The van der Waals surface area contributed by atoms with Crippen LogP contribution >= 0.6 is 0 Å². The summed E-state index contributed by atoms with van der Waals surface area (Å²) in [5.41, 5.74) is 0.645. The highest BCUT2D eigenvalue weighted by Gasteiger charge is 2.38. The monoisotopic (exact) mass is 319 g/mol. The first-order chi connectivity index (χ1) is 11.1. The number of hydrogen-bond donors (Lipinski definition) is 1. The predicted octanol–water partition coefficient (Wildman–Crippen LogP) is 3.07. The fourth-order valence-corrected chi connectivity index (χ4v) is 3.18. The van der Waals surface area contributed by atoms with Gasteiger partial charge >= 0.3 is 5.97 Å². The quantitative estimate of drug-likeness (QED) is 0.917. The molecule has 1 fully saturated rings. The molecule has 3 rings (SSSR count). The molecule has 5 nitrogen and oxygen atoms in total. The number of nitrogens with zero attached hydrogens (tertiary/aromatic N) is 1. The zero-order valence-corrected chi connectivity index (χ0v) is 12.7. The third kappa shape index (κ3) is 2.94. The number of carbonyl (C=O) groups is 1. The summed E-state index contributed by atoms with van der Waals surface area (Å²) in [5.74, 6) is -0.591. The lowest BCUT2D eigenvalue weighted by atomic mass is 10.0. The van der Waals surface area contributed by atoms with Gasteiger partial charge in [0.15, 0.2) is 11.6 Å². The number of aliphatic carboxylic acids is 1. The molecule has 0 bridgehead atoms. The Labute approximate surface area is 133 Å². The van der Waals surface area contributed by atoms with Crippen molar-refractivity contribution in [2.45, 2.75) is 24.9 Å². The first kappa shape index (κ1) is 15.6. The molecule has 2 aromatic rings. The zero-order chi connectivity index (χ0) is 16.4. The number of likely N-dealkylation sites (tertiary alicyclic amines) is 1. The SMILES string of the molecule is COc1ccc(C(c2ccco2)N2CCCC2C(=O)O)cc1F. The topological polar surface area (TPSA) is 62.9 Å². The molecular weight excluding hydrogens is 301 g/mol. The lowest BCUT2D eigenvalue weighted by molar-refractivity contribution is -0.142. The molecule has 1 aromatic heterocycles. The third-order valence-electron chi connectivity index (χ3n) is 4.22. The zero-order valence-electron chi connectivity index (χ0n) is 12.7. The Hall–Kier alpha value is -2.34. The standard InChI is InChI=1S/C17H18FNO4/c1-22-14-7-6-11(10-12(14)18)16(15-5-3-9-23-15)19-8-2-4-13(19)17(20)21/h3,5-7,9-10,13,16H,2,4,8H2,1H3,(H,20,21). The number of halogens is 1. The number of ether oxygens (including phenoxy) is 1. The molecular formula is C17H18FNO4. The van der Waals surface area contributed by atoms with E-state index in [1.54, 1.807) is 24.3 Å². The smallest absolute Gasteiger partial charge is 0.320 e. The molecule has 1 aliphatic rings. The van der Waals surface area contributed by atoms with Crippen molar-refractivity contribution < 1.29 is 23.4 Å². The fourth-order valence-electron chi connectivity index (χ4n) is 3.18. The van der Waals surface area contributed by atoms with E-state index in [-0.39, 0.29) is 5.75 Å². The summed E-state index contributed by atoms with van der Waals surface area (Å²) in [7, 11) is 1.41. The van der Waals surface area contributed by atoms with Crippen molar-refractivity contribution in [2.24, 2.45) is 0 Å². The molecule has 0 saturated carbocycles. The number of methoxy groups -OCH3 is 1. The van der Waals surface area contributed by atoms with Crippen LogP contribution in [-0.4, -0.2) is 35.7 Å². The maximum absolute atomic E-state index is 14.1. The molecule has 6 heteroatoms. The highest BCUT2D eigenvalue weighted by atomic mass is 19.1. The molecule has 1 saturated heterocycles. The summed E-state index contributed by atoms with van der Waals surface area (Å²) in [6.45, 7) is 0.621. The van der Waals surface area contributed by atoms with Crippen LogP contribution in [0.25, 0.3) is 0 Å². The minimum absolute atomic E-state index is 0.156. The number of benzene rings is 1. The van der Waals surface area contributed by atoms with Crippen molar-refractivity contribution in [2.75, 3.05) is 13.7 Å². The molecule has 23 heavy (non-hydrogen) atoms. The average molecular weight is 319 g/mol. The van der Waals surface area contributed by atoms with E-state index in [4.69, 9.17) is 9.15 Å². The normalized spacial score (nSPS) is 19.7. The molecule has 1 aliphatic heterocycles. The molecule has 0 radical (unpaired) electrons. The summed E-state index contributed by atoms with van der Waals surface area (Å²) < 4.78 is 24.6. The number of furan rings is 1.